The molecule has 0 heterocycles. The summed E-state index contributed by atoms with van der Waals surface area (Å²) in [5.41, 5.74) is 3.13. The minimum atomic E-state index is -0.247. The minimum absolute atomic E-state index is 0.247. The smallest absolute Gasteiger partial charge is 0.259 e. The molecule has 2 aromatic carbocycles. The summed E-state index contributed by atoms with van der Waals surface area (Å²) in [6.45, 7) is 2.32. The van der Waals surface area contributed by atoms with Crippen LogP contribution < -0.4 is 5.32 Å². The molecule has 2 aromatic rings. The number of benzene rings is 2. The molecule has 1 aliphatic rings. The van der Waals surface area contributed by atoms with E-state index in [9.17, 15) is 4.79 Å². The number of hydrogen-bond acceptors (Lipinski definition) is 2. The molecule has 0 aliphatic heterocycles. The van der Waals surface area contributed by atoms with Gasteiger partial charge in [0.05, 0.1) is 5.57 Å². The number of hydrogen-bond donors (Lipinski definition) is 1. The third kappa shape index (κ3) is 5.59. The lowest BCUT2D eigenvalue weighted by Crippen LogP contribution is -2.17. The van der Waals surface area contributed by atoms with Crippen molar-refractivity contribution in [1.29, 1.82) is 0 Å². The number of carbonyl (C=O) groups excluding carboxylic acids is 1. The van der Waals surface area contributed by atoms with E-state index >= 15 is 0 Å². The molecule has 0 aromatic heterocycles. The maximum absolute atomic E-state index is 12.9. The zero-order valence-corrected chi connectivity index (χ0v) is 17.2. The maximum Gasteiger partial charge on any atom is 0.259 e. The van der Waals surface area contributed by atoms with Gasteiger partial charge in [-0.2, -0.15) is 0 Å². The molecule has 0 atom stereocenters. The van der Waals surface area contributed by atoms with Gasteiger partial charge in [0.15, 0.2) is 0 Å². The van der Waals surface area contributed by atoms with Crippen molar-refractivity contribution in [2.45, 2.75) is 20.0 Å². The lowest BCUT2D eigenvalue weighted by Gasteiger charge is -2.14. The first-order valence-electron chi connectivity index (χ1n) is 8.54. The topological polar surface area (TPSA) is 38.3 Å². The molecule has 0 radical (unpaired) electrons. The maximum atomic E-state index is 12.9. The van der Waals surface area contributed by atoms with Crippen LogP contribution in [-0.4, -0.2) is 5.91 Å². The molecular weight excluding hydrogens is 426 g/mol. The van der Waals surface area contributed by atoms with E-state index in [-0.39, 0.29) is 5.91 Å². The average molecular weight is 445 g/mol. The van der Waals surface area contributed by atoms with Gasteiger partial charge in [0.25, 0.3) is 5.91 Å². The van der Waals surface area contributed by atoms with Crippen LogP contribution in [0.1, 0.15) is 17.5 Å². The van der Waals surface area contributed by atoms with Gasteiger partial charge < -0.3 is 10.1 Å². The predicted octanol–water partition coefficient (Wildman–Crippen LogP) is 6.30. The summed E-state index contributed by atoms with van der Waals surface area (Å²) < 4.78 is 6.81. The molecule has 1 aliphatic carbocycles. The molecule has 1 N–H and O–H groups in total. The summed E-state index contributed by atoms with van der Waals surface area (Å²) in [6, 6.07) is 15.3. The number of allylic oxidation sites excluding steroid dienone is 4. The second-order valence-corrected chi connectivity index (χ2v) is 7.55. The summed E-state index contributed by atoms with van der Waals surface area (Å²) >= 11 is 9.57. The van der Waals surface area contributed by atoms with Gasteiger partial charge in [0.1, 0.15) is 12.4 Å². The third-order valence-corrected chi connectivity index (χ3v) is 4.72. The molecule has 3 nitrogen and oxygen atoms in total. The number of anilines is 1. The Morgan fingerprint density at radius 3 is 2.70 bits per heavy atom. The molecule has 27 heavy (non-hydrogen) atoms. The number of nitrogens with one attached hydrogen (secondary N) is 1. The molecule has 0 fully saturated rings. The molecule has 0 bridgehead atoms. The van der Waals surface area contributed by atoms with E-state index < -0.39 is 0 Å². The monoisotopic (exact) mass is 443 g/mol. The highest BCUT2D eigenvalue weighted by molar-refractivity contribution is 9.11. The van der Waals surface area contributed by atoms with Crippen LogP contribution in [0.5, 0.6) is 0 Å². The summed E-state index contributed by atoms with van der Waals surface area (Å²) in [5, 5.41) is 3.49. The number of carbonyl (C=O) groups is 1. The molecular formula is C22H19BrClNO2. The van der Waals surface area contributed by atoms with E-state index in [2.05, 4.69) is 21.2 Å². The van der Waals surface area contributed by atoms with Crippen molar-refractivity contribution in [2.75, 3.05) is 5.32 Å². The normalized spacial score (nSPS) is 13.8. The van der Waals surface area contributed by atoms with Crippen molar-refractivity contribution in [3.63, 3.8) is 0 Å². The first-order chi connectivity index (χ1) is 13.0. The molecule has 0 spiro atoms. The van der Waals surface area contributed by atoms with Gasteiger partial charge in [-0.25, -0.2) is 0 Å². The van der Waals surface area contributed by atoms with Crippen LogP contribution in [0.3, 0.4) is 0 Å². The fourth-order valence-corrected chi connectivity index (χ4v) is 3.42. The van der Waals surface area contributed by atoms with Crippen molar-refractivity contribution < 1.29 is 9.53 Å². The number of halogens is 2. The Balaban J connectivity index is 1.79. The number of aryl methyl sites for hydroxylation is 1. The van der Waals surface area contributed by atoms with Gasteiger partial charge in [0.2, 0.25) is 0 Å². The zero-order valence-electron chi connectivity index (χ0n) is 14.8. The largest absolute Gasteiger partial charge is 0.488 e. The molecule has 138 valence electrons. The Morgan fingerprint density at radius 2 is 1.96 bits per heavy atom. The summed E-state index contributed by atoms with van der Waals surface area (Å²) in [7, 11) is 0. The first kappa shape index (κ1) is 19.5. The van der Waals surface area contributed by atoms with Crippen molar-refractivity contribution in [1.82, 2.24) is 0 Å². The van der Waals surface area contributed by atoms with Crippen molar-refractivity contribution in [2.24, 2.45) is 0 Å². The Labute approximate surface area is 172 Å². The lowest BCUT2D eigenvalue weighted by atomic mass is 10.1. The van der Waals surface area contributed by atoms with Gasteiger partial charge in [-0.05, 0) is 54.8 Å². The molecule has 1 amide bonds. The van der Waals surface area contributed by atoms with Gasteiger partial charge in [-0.3, -0.25) is 4.79 Å². The van der Waals surface area contributed by atoms with Crippen LogP contribution >= 0.6 is 27.5 Å². The molecule has 0 unspecified atom stereocenters. The summed E-state index contributed by atoms with van der Waals surface area (Å²) in [5.74, 6) is 0.309. The quantitative estimate of drug-likeness (QED) is 0.588. The van der Waals surface area contributed by atoms with Crippen molar-refractivity contribution >= 4 is 39.1 Å². The van der Waals surface area contributed by atoms with Crippen LogP contribution in [0.2, 0.25) is 5.02 Å². The Bertz CT molecular complexity index is 912. The highest BCUT2D eigenvalue weighted by Gasteiger charge is 2.18. The average Bonchev–Trinajstić information content (AvgIpc) is 2.81. The number of amides is 1. The Morgan fingerprint density at radius 1 is 1.19 bits per heavy atom. The van der Waals surface area contributed by atoms with E-state index in [1.165, 1.54) is 0 Å². The van der Waals surface area contributed by atoms with Crippen LogP contribution in [-0.2, 0) is 16.1 Å². The van der Waals surface area contributed by atoms with E-state index in [4.69, 9.17) is 16.3 Å². The fraction of sp³-hybridized carbons (Fsp3) is 0.136. The Hall–Kier alpha value is -2.30. The molecule has 5 heteroatoms. The van der Waals surface area contributed by atoms with Crippen LogP contribution in [0, 0.1) is 6.92 Å². The number of ether oxygens (including phenoxy) is 1. The van der Waals surface area contributed by atoms with Gasteiger partial charge in [0, 0.05) is 15.2 Å². The predicted molar refractivity (Wildman–Crippen MR) is 114 cm³/mol. The highest BCUT2D eigenvalue weighted by Crippen LogP contribution is 2.26. The standard InChI is InChI=1S/C22H19BrClNO2/c1-15-10-18(24)13-19(11-15)25-22(26)20-12-17(23)8-5-9-21(20)27-14-16-6-3-2-4-7-16/h2-4,6-13H,5,14H2,1H3,(H,25,26). The van der Waals surface area contributed by atoms with E-state index in [0.29, 0.717) is 35.1 Å². The highest BCUT2D eigenvalue weighted by atomic mass is 79.9. The summed E-state index contributed by atoms with van der Waals surface area (Å²) in [4.78, 5) is 12.9. The molecule has 0 saturated heterocycles. The van der Waals surface area contributed by atoms with Crippen LogP contribution in [0.15, 0.2) is 82.6 Å². The zero-order chi connectivity index (χ0) is 19.2. The lowest BCUT2D eigenvalue weighted by molar-refractivity contribution is -0.113. The minimum Gasteiger partial charge on any atom is -0.488 e. The Kier molecular flexibility index (Phi) is 6.54. The van der Waals surface area contributed by atoms with E-state index in [1.807, 2.05) is 61.5 Å². The SMILES string of the molecule is Cc1cc(Cl)cc(NC(=O)C2=CC(Br)=CCC=C2OCc2ccccc2)c1. The van der Waals surface area contributed by atoms with E-state index in [0.717, 1.165) is 15.6 Å². The van der Waals surface area contributed by atoms with Crippen molar-refractivity contribution in [3.8, 4) is 0 Å². The van der Waals surface area contributed by atoms with Crippen molar-refractivity contribution in [3.05, 3.63) is 98.7 Å². The van der Waals surface area contributed by atoms with Gasteiger partial charge >= 0.3 is 0 Å². The second kappa shape index (κ2) is 9.07. The second-order valence-electron chi connectivity index (χ2n) is 6.20. The molecule has 0 saturated carbocycles. The first-order valence-corrected chi connectivity index (χ1v) is 9.71. The summed E-state index contributed by atoms with van der Waals surface area (Å²) in [6.07, 6.45) is 6.34. The van der Waals surface area contributed by atoms with Gasteiger partial charge in [-0.15, -0.1) is 0 Å². The van der Waals surface area contributed by atoms with Gasteiger partial charge in [-0.1, -0.05) is 63.9 Å². The number of rotatable bonds is 5. The van der Waals surface area contributed by atoms with E-state index in [1.54, 1.807) is 12.1 Å². The van der Waals surface area contributed by atoms with Crippen LogP contribution in [0.25, 0.3) is 0 Å². The fourth-order valence-electron chi connectivity index (χ4n) is 2.71. The molecule has 3 rings (SSSR count). The third-order valence-electron chi connectivity index (χ3n) is 3.95. The van der Waals surface area contributed by atoms with Crippen LogP contribution in [0.4, 0.5) is 5.69 Å².